The molecule has 2 atom stereocenters. The van der Waals surface area contributed by atoms with E-state index in [2.05, 4.69) is 4.72 Å². The molecule has 146 valence electrons. The predicted molar refractivity (Wildman–Crippen MR) is 103 cm³/mol. The minimum atomic E-state index is -4.13. The molecule has 0 fully saturated rings. The van der Waals surface area contributed by atoms with E-state index in [-0.39, 0.29) is 21.5 Å². The summed E-state index contributed by atoms with van der Waals surface area (Å²) < 4.78 is 32.3. The summed E-state index contributed by atoms with van der Waals surface area (Å²) in [6.45, 7) is 3.17. The molecule has 0 saturated heterocycles. The van der Waals surface area contributed by atoms with Gasteiger partial charge in [-0.1, -0.05) is 53.0 Å². The molecule has 27 heavy (non-hydrogen) atoms. The predicted octanol–water partition coefficient (Wildman–Crippen LogP) is 3.07. The molecule has 0 unspecified atom stereocenters. The van der Waals surface area contributed by atoms with Crippen LogP contribution in [0.4, 0.5) is 0 Å². The van der Waals surface area contributed by atoms with Gasteiger partial charge in [0.15, 0.2) is 0 Å². The molecule has 0 aliphatic rings. The number of carbonyl (C=O) groups is 1. The maximum Gasteiger partial charge on any atom is 0.327 e. The van der Waals surface area contributed by atoms with E-state index < -0.39 is 28.1 Å². The third-order valence-corrected chi connectivity index (χ3v) is 5.90. The molecule has 0 heterocycles. The second kappa shape index (κ2) is 9.03. The fourth-order valence-corrected chi connectivity index (χ4v) is 3.80. The van der Waals surface area contributed by atoms with E-state index in [1.807, 2.05) is 19.1 Å². The van der Waals surface area contributed by atoms with Crippen molar-refractivity contribution in [2.45, 2.75) is 37.5 Å². The Kier molecular flexibility index (Phi) is 7.25. The summed E-state index contributed by atoms with van der Waals surface area (Å²) in [6, 6.07) is 9.56. The molecule has 0 saturated carbocycles. The van der Waals surface area contributed by atoms with E-state index in [0.29, 0.717) is 0 Å². The third kappa shape index (κ3) is 5.92. The maximum absolute atomic E-state index is 12.5. The molecule has 0 aromatic heterocycles. The fourth-order valence-electron chi connectivity index (χ4n) is 2.15. The molecule has 0 spiro atoms. The van der Waals surface area contributed by atoms with Crippen molar-refractivity contribution < 1.29 is 23.1 Å². The normalized spacial score (nSPS) is 13.8. The lowest BCUT2D eigenvalue weighted by atomic mass is 10.1. The van der Waals surface area contributed by atoms with Gasteiger partial charge in [0, 0.05) is 0 Å². The molecule has 2 aromatic carbocycles. The summed E-state index contributed by atoms with van der Waals surface area (Å²) in [5, 5.41) is 10.1. The zero-order valence-corrected chi connectivity index (χ0v) is 17.0. The molecule has 0 amide bonds. The number of esters is 1. The Bertz CT molecular complexity index is 914. The van der Waals surface area contributed by atoms with E-state index in [4.69, 9.17) is 27.9 Å². The van der Waals surface area contributed by atoms with Crippen LogP contribution in [0.25, 0.3) is 0 Å². The van der Waals surface area contributed by atoms with Crippen molar-refractivity contribution in [3.8, 4) is 0 Å². The Balaban J connectivity index is 2.12. The van der Waals surface area contributed by atoms with Crippen molar-refractivity contribution in [3.63, 3.8) is 0 Å². The SMILES string of the molecule is Cc1ccc(COC(=O)[C@@H](NS(=O)(=O)c2ccc(Cl)c(Cl)c2)[C@@H](C)O)cc1. The van der Waals surface area contributed by atoms with E-state index in [0.717, 1.165) is 17.2 Å². The highest BCUT2D eigenvalue weighted by Crippen LogP contribution is 2.25. The first-order valence-corrected chi connectivity index (χ1v) is 10.2. The first-order chi connectivity index (χ1) is 12.6. The van der Waals surface area contributed by atoms with Gasteiger partial charge < -0.3 is 9.84 Å². The van der Waals surface area contributed by atoms with Crippen LogP contribution in [0, 0.1) is 6.92 Å². The van der Waals surface area contributed by atoms with Crippen LogP contribution in [-0.4, -0.2) is 31.6 Å². The number of carbonyl (C=O) groups excluding carboxylic acids is 1. The van der Waals surface area contributed by atoms with Gasteiger partial charge in [-0.3, -0.25) is 4.79 Å². The highest BCUT2D eigenvalue weighted by Gasteiger charge is 2.31. The molecule has 6 nitrogen and oxygen atoms in total. The quantitative estimate of drug-likeness (QED) is 0.656. The van der Waals surface area contributed by atoms with Gasteiger partial charge in [0.1, 0.15) is 12.6 Å². The number of aryl methyl sites for hydroxylation is 1. The summed E-state index contributed by atoms with van der Waals surface area (Å²) in [5.74, 6) is -0.894. The van der Waals surface area contributed by atoms with Gasteiger partial charge in [0.2, 0.25) is 10.0 Å². The number of sulfonamides is 1. The van der Waals surface area contributed by atoms with Crippen LogP contribution in [0.15, 0.2) is 47.4 Å². The molecule has 2 rings (SSSR count). The van der Waals surface area contributed by atoms with Crippen LogP contribution >= 0.6 is 23.2 Å². The molecule has 0 radical (unpaired) electrons. The highest BCUT2D eigenvalue weighted by atomic mass is 35.5. The summed E-state index contributed by atoms with van der Waals surface area (Å²) in [6.07, 6.45) is -1.31. The molecule has 0 aliphatic heterocycles. The standard InChI is InChI=1S/C18H19Cl2NO5S/c1-11-3-5-13(6-4-11)10-26-18(23)17(12(2)22)21-27(24,25)14-7-8-15(19)16(20)9-14/h3-9,12,17,21-22H,10H2,1-2H3/t12-,17+/m1/s1. The second-order valence-corrected chi connectivity index (χ2v) is 8.54. The average molecular weight is 432 g/mol. The fraction of sp³-hybridized carbons (Fsp3) is 0.278. The number of halogens is 2. The second-order valence-electron chi connectivity index (χ2n) is 6.01. The van der Waals surface area contributed by atoms with Crippen molar-refractivity contribution in [1.29, 1.82) is 0 Å². The lowest BCUT2D eigenvalue weighted by Gasteiger charge is -2.20. The Morgan fingerprint density at radius 3 is 2.33 bits per heavy atom. The summed E-state index contributed by atoms with van der Waals surface area (Å²) in [7, 11) is -4.13. The Morgan fingerprint density at radius 2 is 1.78 bits per heavy atom. The number of hydrogen-bond acceptors (Lipinski definition) is 5. The Labute approximate surface area is 168 Å². The number of aliphatic hydroxyl groups excluding tert-OH is 1. The van der Waals surface area contributed by atoms with Crippen LogP contribution in [0.3, 0.4) is 0 Å². The summed E-state index contributed by atoms with van der Waals surface area (Å²) in [4.78, 5) is 12.1. The number of hydrogen-bond donors (Lipinski definition) is 2. The van der Waals surface area contributed by atoms with Crippen LogP contribution in [0.5, 0.6) is 0 Å². The van der Waals surface area contributed by atoms with Gasteiger partial charge in [-0.15, -0.1) is 0 Å². The average Bonchev–Trinajstić information content (AvgIpc) is 2.61. The third-order valence-electron chi connectivity index (χ3n) is 3.72. The lowest BCUT2D eigenvalue weighted by Crippen LogP contribution is -2.48. The topological polar surface area (TPSA) is 92.7 Å². The monoisotopic (exact) mass is 431 g/mol. The van der Waals surface area contributed by atoms with Gasteiger partial charge in [-0.2, -0.15) is 4.72 Å². The van der Waals surface area contributed by atoms with Crippen LogP contribution in [0.2, 0.25) is 10.0 Å². The van der Waals surface area contributed by atoms with Gasteiger partial charge >= 0.3 is 5.97 Å². The highest BCUT2D eigenvalue weighted by molar-refractivity contribution is 7.89. The minimum Gasteiger partial charge on any atom is -0.460 e. The smallest absolute Gasteiger partial charge is 0.327 e. The van der Waals surface area contributed by atoms with Gasteiger partial charge in [-0.25, -0.2) is 8.42 Å². The summed E-state index contributed by atoms with van der Waals surface area (Å²) in [5.41, 5.74) is 1.80. The summed E-state index contributed by atoms with van der Waals surface area (Å²) >= 11 is 11.6. The Morgan fingerprint density at radius 1 is 1.15 bits per heavy atom. The van der Waals surface area contributed by atoms with Crippen LogP contribution in [0.1, 0.15) is 18.1 Å². The van der Waals surface area contributed by atoms with Crippen LogP contribution in [-0.2, 0) is 26.2 Å². The first kappa shape index (κ1) is 21.7. The van der Waals surface area contributed by atoms with Crippen molar-refractivity contribution in [1.82, 2.24) is 4.72 Å². The van der Waals surface area contributed by atoms with Gasteiger partial charge in [0.25, 0.3) is 0 Å². The minimum absolute atomic E-state index is 0.0448. The van der Waals surface area contributed by atoms with E-state index in [1.54, 1.807) is 12.1 Å². The molecule has 9 heteroatoms. The largest absolute Gasteiger partial charge is 0.460 e. The first-order valence-electron chi connectivity index (χ1n) is 7.98. The Hall–Kier alpha value is -1.64. The number of rotatable bonds is 7. The maximum atomic E-state index is 12.5. The van der Waals surface area contributed by atoms with Crippen LogP contribution < -0.4 is 4.72 Å². The van der Waals surface area contributed by atoms with Crippen molar-refractivity contribution in [2.75, 3.05) is 0 Å². The zero-order valence-electron chi connectivity index (χ0n) is 14.6. The van der Waals surface area contributed by atoms with E-state index in [1.165, 1.54) is 19.1 Å². The van der Waals surface area contributed by atoms with Gasteiger partial charge in [0.05, 0.1) is 21.0 Å². The number of aliphatic hydroxyl groups is 1. The number of nitrogens with one attached hydrogen (secondary N) is 1. The van der Waals surface area contributed by atoms with Gasteiger partial charge in [-0.05, 0) is 37.6 Å². The molecule has 2 aromatic rings. The lowest BCUT2D eigenvalue weighted by molar-refractivity contribution is -0.149. The number of ether oxygens (including phenoxy) is 1. The molecule has 2 N–H and O–H groups in total. The van der Waals surface area contributed by atoms with Crippen molar-refractivity contribution in [3.05, 3.63) is 63.6 Å². The molecule has 0 bridgehead atoms. The van der Waals surface area contributed by atoms with E-state index >= 15 is 0 Å². The molecular formula is C18H19Cl2NO5S. The molecular weight excluding hydrogens is 413 g/mol. The van der Waals surface area contributed by atoms with E-state index in [9.17, 15) is 18.3 Å². The number of benzene rings is 2. The van der Waals surface area contributed by atoms with Crippen molar-refractivity contribution in [2.24, 2.45) is 0 Å². The molecule has 0 aliphatic carbocycles. The van der Waals surface area contributed by atoms with Crippen molar-refractivity contribution >= 4 is 39.2 Å². The zero-order chi connectivity index (χ0) is 20.2.